The number of aliphatic hydroxyl groups is 1. The summed E-state index contributed by atoms with van der Waals surface area (Å²) in [5, 5.41) is 12.8. The summed E-state index contributed by atoms with van der Waals surface area (Å²) >= 11 is 5.97. The minimum atomic E-state index is -0.398. The SMILES string of the molecule is COCCOc1ncc(C(=O)NCC(C)(C)CO)cc1-c1ccc(Cl)cc1. The van der Waals surface area contributed by atoms with Gasteiger partial charge in [-0.1, -0.05) is 37.6 Å². The number of amides is 1. The second kappa shape index (κ2) is 9.69. The summed E-state index contributed by atoms with van der Waals surface area (Å²) in [4.78, 5) is 16.8. The number of aromatic nitrogens is 1. The average Bonchev–Trinajstić information content (AvgIpc) is 2.67. The number of nitrogens with zero attached hydrogens (tertiary/aromatic N) is 1. The third-order valence-corrected chi connectivity index (χ3v) is 4.20. The van der Waals surface area contributed by atoms with E-state index in [2.05, 4.69) is 10.3 Å². The second-order valence-electron chi connectivity index (χ2n) is 6.93. The van der Waals surface area contributed by atoms with Crippen molar-refractivity contribution < 1.29 is 19.4 Å². The standard InChI is InChI=1S/C20H25ClN2O4/c1-20(2,13-24)12-23-18(25)15-10-17(14-4-6-16(21)7-5-14)19(22-11-15)27-9-8-26-3/h4-7,10-11,24H,8-9,12-13H2,1-3H3,(H,23,25). The normalized spacial score (nSPS) is 11.3. The molecule has 1 aromatic heterocycles. The Labute approximate surface area is 164 Å². The first kappa shape index (κ1) is 21.2. The van der Waals surface area contributed by atoms with Crippen LogP contribution < -0.4 is 10.1 Å². The van der Waals surface area contributed by atoms with Gasteiger partial charge in [-0.05, 0) is 23.8 Å². The van der Waals surface area contributed by atoms with Crippen LogP contribution >= 0.6 is 11.6 Å². The Kier molecular flexibility index (Phi) is 7.59. The summed E-state index contributed by atoms with van der Waals surface area (Å²) in [5.41, 5.74) is 1.54. The van der Waals surface area contributed by atoms with Crippen molar-refractivity contribution in [1.29, 1.82) is 0 Å². The molecule has 0 unspecified atom stereocenters. The van der Waals surface area contributed by atoms with E-state index < -0.39 is 5.41 Å². The number of ether oxygens (including phenoxy) is 2. The number of rotatable bonds is 9. The fraction of sp³-hybridized carbons (Fsp3) is 0.400. The lowest BCUT2D eigenvalue weighted by molar-refractivity contribution is 0.0910. The van der Waals surface area contributed by atoms with Gasteiger partial charge in [-0.15, -0.1) is 0 Å². The maximum atomic E-state index is 12.5. The Balaban J connectivity index is 2.28. The molecule has 0 radical (unpaired) electrons. The summed E-state index contributed by atoms with van der Waals surface area (Å²) in [6, 6.07) is 8.97. The zero-order chi connectivity index (χ0) is 19.9. The van der Waals surface area contributed by atoms with Gasteiger partial charge >= 0.3 is 0 Å². The molecule has 2 N–H and O–H groups in total. The summed E-state index contributed by atoms with van der Waals surface area (Å²) < 4.78 is 10.7. The number of hydrogen-bond donors (Lipinski definition) is 2. The van der Waals surface area contributed by atoms with Crippen LogP contribution in [0.5, 0.6) is 5.88 Å². The molecular weight excluding hydrogens is 368 g/mol. The number of pyridine rings is 1. The van der Waals surface area contributed by atoms with E-state index in [9.17, 15) is 9.90 Å². The van der Waals surface area contributed by atoms with Gasteiger partial charge in [-0.25, -0.2) is 4.98 Å². The van der Waals surface area contributed by atoms with Crippen LogP contribution in [0.1, 0.15) is 24.2 Å². The Hall–Kier alpha value is -2.15. The minimum Gasteiger partial charge on any atom is -0.475 e. The first-order valence-electron chi connectivity index (χ1n) is 8.63. The lowest BCUT2D eigenvalue weighted by atomic mass is 9.95. The van der Waals surface area contributed by atoms with Gasteiger partial charge in [0.2, 0.25) is 5.88 Å². The van der Waals surface area contributed by atoms with E-state index >= 15 is 0 Å². The molecule has 7 heteroatoms. The molecule has 1 amide bonds. The van der Waals surface area contributed by atoms with E-state index in [1.165, 1.54) is 6.20 Å². The lowest BCUT2D eigenvalue weighted by Gasteiger charge is -2.22. The molecule has 0 spiro atoms. The van der Waals surface area contributed by atoms with Crippen LogP contribution in [0.25, 0.3) is 11.1 Å². The third kappa shape index (κ3) is 6.20. The maximum absolute atomic E-state index is 12.5. The molecule has 0 atom stereocenters. The quantitative estimate of drug-likeness (QED) is 0.640. The van der Waals surface area contributed by atoms with E-state index in [-0.39, 0.29) is 12.5 Å². The fourth-order valence-electron chi connectivity index (χ4n) is 2.23. The molecular formula is C20H25ClN2O4. The van der Waals surface area contributed by atoms with Crippen molar-refractivity contribution in [2.75, 3.05) is 33.5 Å². The van der Waals surface area contributed by atoms with Crippen molar-refractivity contribution in [1.82, 2.24) is 10.3 Å². The molecule has 1 heterocycles. The van der Waals surface area contributed by atoms with E-state index in [1.807, 2.05) is 26.0 Å². The molecule has 146 valence electrons. The number of nitrogens with one attached hydrogen (secondary N) is 1. The summed E-state index contributed by atoms with van der Waals surface area (Å²) in [6.45, 7) is 4.86. The van der Waals surface area contributed by atoms with Gasteiger partial charge in [0.05, 0.1) is 12.2 Å². The number of methoxy groups -OCH3 is 1. The molecule has 0 aliphatic heterocycles. The summed E-state index contributed by atoms with van der Waals surface area (Å²) in [5.74, 6) is 0.157. The molecule has 0 saturated heterocycles. The first-order chi connectivity index (χ1) is 12.9. The van der Waals surface area contributed by atoms with E-state index in [0.29, 0.717) is 41.8 Å². The zero-order valence-corrected chi connectivity index (χ0v) is 16.5. The highest BCUT2D eigenvalue weighted by Gasteiger charge is 2.19. The maximum Gasteiger partial charge on any atom is 0.252 e. The van der Waals surface area contributed by atoms with Crippen LogP contribution in [0.3, 0.4) is 0 Å². The van der Waals surface area contributed by atoms with Crippen molar-refractivity contribution in [2.45, 2.75) is 13.8 Å². The number of halogens is 1. The molecule has 0 aliphatic carbocycles. The smallest absolute Gasteiger partial charge is 0.252 e. The summed E-state index contributed by atoms with van der Waals surface area (Å²) in [7, 11) is 1.60. The van der Waals surface area contributed by atoms with Crippen molar-refractivity contribution in [3.63, 3.8) is 0 Å². The van der Waals surface area contributed by atoms with Gasteiger partial charge in [0.25, 0.3) is 5.91 Å². The van der Waals surface area contributed by atoms with Gasteiger partial charge in [-0.2, -0.15) is 0 Å². The minimum absolute atomic E-state index is 0.0200. The predicted octanol–water partition coefficient (Wildman–Crippen LogP) is 3.18. The highest BCUT2D eigenvalue weighted by Crippen LogP contribution is 2.30. The number of hydrogen-bond acceptors (Lipinski definition) is 5. The zero-order valence-electron chi connectivity index (χ0n) is 15.8. The van der Waals surface area contributed by atoms with Gasteiger partial charge in [-0.3, -0.25) is 4.79 Å². The van der Waals surface area contributed by atoms with Crippen LogP contribution in [0, 0.1) is 5.41 Å². The molecule has 1 aromatic carbocycles. The number of carbonyl (C=O) groups is 1. The van der Waals surface area contributed by atoms with Crippen LogP contribution in [-0.2, 0) is 4.74 Å². The Morgan fingerprint density at radius 1 is 1.26 bits per heavy atom. The highest BCUT2D eigenvalue weighted by molar-refractivity contribution is 6.30. The first-order valence-corrected chi connectivity index (χ1v) is 9.01. The number of benzene rings is 1. The monoisotopic (exact) mass is 392 g/mol. The van der Waals surface area contributed by atoms with E-state index in [0.717, 1.165) is 5.56 Å². The van der Waals surface area contributed by atoms with E-state index in [1.54, 1.807) is 25.3 Å². The van der Waals surface area contributed by atoms with Gasteiger partial charge < -0.3 is 19.9 Å². The number of carbonyl (C=O) groups excluding carboxylic acids is 1. The van der Waals surface area contributed by atoms with Crippen LogP contribution in [0.15, 0.2) is 36.5 Å². The molecule has 2 aromatic rings. The molecule has 6 nitrogen and oxygen atoms in total. The van der Waals surface area contributed by atoms with Crippen LogP contribution in [0.4, 0.5) is 0 Å². The molecule has 27 heavy (non-hydrogen) atoms. The molecule has 2 rings (SSSR count). The topological polar surface area (TPSA) is 80.7 Å². The number of aliphatic hydroxyl groups excluding tert-OH is 1. The van der Waals surface area contributed by atoms with Crippen molar-refractivity contribution >= 4 is 17.5 Å². The van der Waals surface area contributed by atoms with Gasteiger partial charge in [0.1, 0.15) is 6.61 Å². The Bertz CT molecular complexity index is 763. The molecule has 0 fully saturated rings. The second-order valence-corrected chi connectivity index (χ2v) is 7.37. The molecule has 0 aliphatic rings. The van der Waals surface area contributed by atoms with Crippen molar-refractivity contribution in [3.05, 3.63) is 47.1 Å². The third-order valence-electron chi connectivity index (χ3n) is 3.95. The Morgan fingerprint density at radius 2 is 1.96 bits per heavy atom. The molecule has 0 bridgehead atoms. The van der Waals surface area contributed by atoms with E-state index in [4.69, 9.17) is 21.1 Å². The highest BCUT2D eigenvalue weighted by atomic mass is 35.5. The van der Waals surface area contributed by atoms with Gasteiger partial charge in [0.15, 0.2) is 0 Å². The Morgan fingerprint density at radius 3 is 2.59 bits per heavy atom. The predicted molar refractivity (Wildman–Crippen MR) is 105 cm³/mol. The summed E-state index contributed by atoms with van der Waals surface area (Å²) in [6.07, 6.45) is 1.48. The van der Waals surface area contributed by atoms with Gasteiger partial charge in [0, 0.05) is 42.5 Å². The average molecular weight is 393 g/mol. The van der Waals surface area contributed by atoms with Crippen LogP contribution in [0.2, 0.25) is 5.02 Å². The lowest BCUT2D eigenvalue weighted by Crippen LogP contribution is -2.36. The van der Waals surface area contributed by atoms with Crippen molar-refractivity contribution in [2.24, 2.45) is 5.41 Å². The largest absolute Gasteiger partial charge is 0.475 e. The molecule has 0 saturated carbocycles. The van der Waals surface area contributed by atoms with Crippen molar-refractivity contribution in [3.8, 4) is 17.0 Å². The fourth-order valence-corrected chi connectivity index (χ4v) is 2.35. The van der Waals surface area contributed by atoms with Crippen LogP contribution in [-0.4, -0.2) is 49.5 Å².